The molecule has 1 aromatic heterocycles. The maximum atomic E-state index is 3.78. The van der Waals surface area contributed by atoms with Crippen LogP contribution in [-0.4, -0.2) is 17.4 Å². The van der Waals surface area contributed by atoms with Crippen LogP contribution in [0, 0.1) is 5.41 Å². The Morgan fingerprint density at radius 1 is 0.846 bits per heavy atom. The minimum Gasteiger partial charge on any atom is -0.265 e. The minimum atomic E-state index is 0.111. The highest BCUT2D eigenvalue weighted by atomic mass is 15.2. The summed E-state index contributed by atoms with van der Waals surface area (Å²) in [5, 5.41) is 7.36. The summed E-state index contributed by atoms with van der Waals surface area (Å²) in [6, 6.07) is 5.72. The van der Waals surface area contributed by atoms with E-state index in [1.165, 1.54) is 0 Å². The molecule has 0 amide bonds. The Hall–Kier alpha value is -1.51. The third-order valence-electron chi connectivity index (χ3n) is 1.41. The minimum absolute atomic E-state index is 0.111. The molecule has 2 rings (SSSR count). The molecule has 0 N–H and O–H groups in total. The molecule has 13 heavy (non-hydrogen) atoms. The normalized spacial score (nSPS) is 16.5. The van der Waals surface area contributed by atoms with Gasteiger partial charge in [0.15, 0.2) is 0 Å². The summed E-state index contributed by atoms with van der Waals surface area (Å²) in [5.41, 5.74) is 0.111. The number of hydrogen-bond acceptors (Lipinski definition) is 3. The van der Waals surface area contributed by atoms with E-state index in [1.54, 1.807) is 12.4 Å². The molecule has 0 spiro atoms. The smallest absolute Gasteiger partial charge is 0.0390 e. The molecule has 1 aromatic rings. The maximum absolute atomic E-state index is 3.78. The van der Waals surface area contributed by atoms with Gasteiger partial charge in [-0.3, -0.25) is 4.98 Å². The monoisotopic (exact) mass is 175 g/mol. The van der Waals surface area contributed by atoms with Crippen molar-refractivity contribution in [2.45, 2.75) is 13.8 Å². The molecule has 0 fully saturated rings. The van der Waals surface area contributed by atoms with Gasteiger partial charge >= 0.3 is 0 Å². The molecule has 1 aliphatic rings. The van der Waals surface area contributed by atoms with Crippen molar-refractivity contribution >= 4 is 12.4 Å². The average molecular weight is 175 g/mol. The molecule has 0 bridgehead atoms. The first-order valence-corrected chi connectivity index (χ1v) is 4.14. The van der Waals surface area contributed by atoms with E-state index in [1.807, 2.05) is 30.6 Å². The third kappa shape index (κ3) is 4.15. The fourth-order valence-electron chi connectivity index (χ4n) is 0.710. The van der Waals surface area contributed by atoms with Gasteiger partial charge in [-0.2, -0.15) is 10.2 Å². The number of hydrogen-bond donors (Lipinski definition) is 0. The maximum Gasteiger partial charge on any atom is 0.0390 e. The highest BCUT2D eigenvalue weighted by Gasteiger charge is 2.13. The van der Waals surface area contributed by atoms with Gasteiger partial charge in [0.1, 0.15) is 0 Å². The standard InChI is InChI=1S/C5H8N2.C5H5N/c1-5(2)3-6-7-4-5;1-2-4-6-5-3-1/h3-4H,1-2H3;1-5H. The number of aromatic nitrogens is 1. The van der Waals surface area contributed by atoms with Crippen LogP contribution in [0.3, 0.4) is 0 Å². The zero-order valence-electron chi connectivity index (χ0n) is 7.88. The first-order chi connectivity index (χ1) is 6.21. The van der Waals surface area contributed by atoms with Crippen molar-refractivity contribution in [3.05, 3.63) is 30.6 Å². The van der Waals surface area contributed by atoms with Gasteiger partial charge in [-0.25, -0.2) is 0 Å². The predicted octanol–water partition coefficient (Wildman–Crippen LogP) is 2.16. The van der Waals surface area contributed by atoms with Crippen LogP contribution >= 0.6 is 0 Å². The average Bonchev–Trinajstić information content (AvgIpc) is 2.54. The molecule has 3 heteroatoms. The highest BCUT2D eigenvalue weighted by Crippen LogP contribution is 2.11. The summed E-state index contributed by atoms with van der Waals surface area (Å²) >= 11 is 0. The van der Waals surface area contributed by atoms with Crippen LogP contribution in [0.4, 0.5) is 0 Å². The van der Waals surface area contributed by atoms with Gasteiger partial charge in [0, 0.05) is 30.2 Å². The van der Waals surface area contributed by atoms with Gasteiger partial charge in [-0.15, -0.1) is 0 Å². The van der Waals surface area contributed by atoms with E-state index in [0.29, 0.717) is 0 Å². The van der Waals surface area contributed by atoms with Gasteiger partial charge in [-0.1, -0.05) is 6.07 Å². The van der Waals surface area contributed by atoms with Crippen molar-refractivity contribution in [1.29, 1.82) is 0 Å². The van der Waals surface area contributed by atoms with Crippen molar-refractivity contribution < 1.29 is 0 Å². The van der Waals surface area contributed by atoms with E-state index in [2.05, 4.69) is 29.0 Å². The van der Waals surface area contributed by atoms with E-state index < -0.39 is 0 Å². The van der Waals surface area contributed by atoms with Crippen LogP contribution in [0.25, 0.3) is 0 Å². The van der Waals surface area contributed by atoms with Crippen molar-refractivity contribution in [3.63, 3.8) is 0 Å². The lowest BCUT2D eigenvalue weighted by Gasteiger charge is -2.03. The van der Waals surface area contributed by atoms with Crippen LogP contribution in [0.5, 0.6) is 0 Å². The summed E-state index contributed by atoms with van der Waals surface area (Å²) in [4.78, 5) is 3.78. The topological polar surface area (TPSA) is 37.6 Å². The van der Waals surface area contributed by atoms with Crippen LogP contribution in [0.2, 0.25) is 0 Å². The molecule has 0 atom stereocenters. The molecule has 0 aromatic carbocycles. The van der Waals surface area contributed by atoms with Crippen LogP contribution in [0.15, 0.2) is 40.8 Å². The van der Waals surface area contributed by atoms with Gasteiger partial charge in [0.2, 0.25) is 0 Å². The Balaban J connectivity index is 0.000000132. The van der Waals surface area contributed by atoms with Crippen LogP contribution < -0.4 is 0 Å². The van der Waals surface area contributed by atoms with E-state index >= 15 is 0 Å². The second-order valence-corrected chi connectivity index (χ2v) is 3.34. The number of rotatable bonds is 0. The van der Waals surface area contributed by atoms with E-state index in [4.69, 9.17) is 0 Å². The Labute approximate surface area is 78.2 Å². The van der Waals surface area contributed by atoms with Gasteiger partial charge in [0.25, 0.3) is 0 Å². The molecule has 3 nitrogen and oxygen atoms in total. The van der Waals surface area contributed by atoms with Gasteiger partial charge in [-0.05, 0) is 26.0 Å². The van der Waals surface area contributed by atoms with Gasteiger partial charge < -0.3 is 0 Å². The van der Waals surface area contributed by atoms with Crippen molar-refractivity contribution in [2.75, 3.05) is 0 Å². The van der Waals surface area contributed by atoms with Crippen molar-refractivity contribution in [2.24, 2.45) is 15.6 Å². The van der Waals surface area contributed by atoms with Crippen molar-refractivity contribution in [1.82, 2.24) is 4.98 Å². The fourth-order valence-corrected chi connectivity index (χ4v) is 0.710. The Bertz CT molecular complexity index is 248. The van der Waals surface area contributed by atoms with E-state index in [-0.39, 0.29) is 5.41 Å². The lowest BCUT2D eigenvalue weighted by molar-refractivity contribution is 0.779. The molecule has 0 radical (unpaired) electrons. The summed E-state index contributed by atoms with van der Waals surface area (Å²) in [6.45, 7) is 4.12. The molecule has 0 saturated heterocycles. The lowest BCUT2D eigenvalue weighted by Crippen LogP contribution is -2.09. The van der Waals surface area contributed by atoms with Gasteiger partial charge in [0.05, 0.1) is 0 Å². The zero-order valence-corrected chi connectivity index (χ0v) is 7.88. The zero-order chi connectivity index (χ0) is 9.57. The number of nitrogens with zero attached hydrogens (tertiary/aromatic N) is 3. The lowest BCUT2D eigenvalue weighted by atomic mass is 9.99. The Morgan fingerprint density at radius 3 is 1.54 bits per heavy atom. The SMILES string of the molecule is CC1(C)C=NN=C1.c1ccncc1. The molecular weight excluding hydrogens is 162 g/mol. The largest absolute Gasteiger partial charge is 0.265 e. The summed E-state index contributed by atoms with van der Waals surface area (Å²) in [7, 11) is 0. The highest BCUT2D eigenvalue weighted by molar-refractivity contribution is 5.91. The molecule has 0 unspecified atom stereocenters. The first-order valence-electron chi connectivity index (χ1n) is 4.14. The second-order valence-electron chi connectivity index (χ2n) is 3.34. The Kier molecular flexibility index (Phi) is 3.31. The Morgan fingerprint density at radius 2 is 1.38 bits per heavy atom. The summed E-state index contributed by atoms with van der Waals surface area (Å²) in [6.07, 6.45) is 7.15. The number of pyridine rings is 1. The molecule has 1 aliphatic heterocycles. The quantitative estimate of drug-likeness (QED) is 0.595. The van der Waals surface area contributed by atoms with E-state index in [9.17, 15) is 0 Å². The van der Waals surface area contributed by atoms with Crippen molar-refractivity contribution in [3.8, 4) is 0 Å². The van der Waals surface area contributed by atoms with Crippen LogP contribution in [0.1, 0.15) is 13.8 Å². The molecule has 2 heterocycles. The second kappa shape index (κ2) is 4.50. The van der Waals surface area contributed by atoms with Crippen LogP contribution in [-0.2, 0) is 0 Å². The fraction of sp³-hybridized carbons (Fsp3) is 0.300. The van der Waals surface area contributed by atoms with E-state index in [0.717, 1.165) is 0 Å². The first kappa shape index (κ1) is 9.58. The summed E-state index contributed by atoms with van der Waals surface area (Å²) in [5.74, 6) is 0. The molecule has 0 saturated carbocycles. The molecule has 68 valence electrons. The molecule has 0 aliphatic carbocycles. The molecular formula is C10H13N3. The summed E-state index contributed by atoms with van der Waals surface area (Å²) < 4.78 is 0. The third-order valence-corrected chi connectivity index (χ3v) is 1.41. The predicted molar refractivity (Wildman–Crippen MR) is 55.0 cm³/mol.